The van der Waals surface area contributed by atoms with Gasteiger partial charge < -0.3 is 15.4 Å². The van der Waals surface area contributed by atoms with Gasteiger partial charge in [0.2, 0.25) is 5.91 Å². The van der Waals surface area contributed by atoms with Gasteiger partial charge in [-0.15, -0.1) is 0 Å². The number of carbonyl (C=O) groups excluding carboxylic acids is 2. The zero-order valence-corrected chi connectivity index (χ0v) is 11.9. The lowest BCUT2D eigenvalue weighted by Crippen LogP contribution is -2.33. The molecule has 106 valence electrons. The molecule has 1 unspecified atom stereocenters. The fraction of sp³-hybridized carbons (Fsp3) is 0.846. The summed E-state index contributed by atoms with van der Waals surface area (Å²) < 4.78 is 4.89. The molecule has 0 aromatic heterocycles. The van der Waals surface area contributed by atoms with Crippen LogP contribution < -0.4 is 10.6 Å². The van der Waals surface area contributed by atoms with Crippen molar-refractivity contribution in [3.05, 3.63) is 0 Å². The van der Waals surface area contributed by atoms with Crippen LogP contribution in [0.5, 0.6) is 0 Å². The van der Waals surface area contributed by atoms with E-state index in [1.165, 1.54) is 0 Å². The first-order valence-electron chi connectivity index (χ1n) is 6.61. The van der Waals surface area contributed by atoms with Crippen LogP contribution in [0, 0.1) is 11.8 Å². The molecule has 0 saturated heterocycles. The summed E-state index contributed by atoms with van der Waals surface area (Å²) in [5.41, 5.74) is 0. The number of amides is 1. The van der Waals surface area contributed by atoms with Crippen molar-refractivity contribution in [1.82, 2.24) is 10.6 Å². The molecule has 5 heteroatoms. The van der Waals surface area contributed by atoms with Crippen LogP contribution in [-0.4, -0.2) is 38.1 Å². The molecule has 0 rings (SSSR count). The number of carbonyl (C=O) groups is 2. The largest absolute Gasteiger partial charge is 0.466 e. The molecule has 0 aliphatic carbocycles. The van der Waals surface area contributed by atoms with Gasteiger partial charge in [-0.05, 0) is 12.8 Å². The highest BCUT2D eigenvalue weighted by atomic mass is 16.5. The van der Waals surface area contributed by atoms with Crippen LogP contribution >= 0.6 is 0 Å². The number of rotatable bonds is 9. The number of hydrogen-bond acceptors (Lipinski definition) is 4. The van der Waals surface area contributed by atoms with Crippen LogP contribution in [0.25, 0.3) is 0 Å². The van der Waals surface area contributed by atoms with Gasteiger partial charge in [-0.1, -0.05) is 20.8 Å². The summed E-state index contributed by atoms with van der Waals surface area (Å²) in [7, 11) is 0. The third-order valence-corrected chi connectivity index (χ3v) is 2.38. The third kappa shape index (κ3) is 8.98. The minimum absolute atomic E-state index is 0.0417. The Morgan fingerprint density at radius 3 is 2.39 bits per heavy atom. The van der Waals surface area contributed by atoms with Crippen molar-refractivity contribution in [3.63, 3.8) is 0 Å². The van der Waals surface area contributed by atoms with Crippen molar-refractivity contribution >= 4 is 11.9 Å². The van der Waals surface area contributed by atoms with Gasteiger partial charge in [-0.2, -0.15) is 0 Å². The van der Waals surface area contributed by atoms with Crippen molar-refractivity contribution < 1.29 is 14.3 Å². The van der Waals surface area contributed by atoms with E-state index in [2.05, 4.69) is 24.5 Å². The lowest BCUT2D eigenvalue weighted by molar-refractivity contribution is -0.147. The van der Waals surface area contributed by atoms with Crippen LogP contribution in [0.4, 0.5) is 0 Å². The molecule has 0 aliphatic rings. The maximum atomic E-state index is 11.4. The maximum absolute atomic E-state index is 11.4. The molecule has 2 N–H and O–H groups in total. The summed E-state index contributed by atoms with van der Waals surface area (Å²) in [4.78, 5) is 22.7. The van der Waals surface area contributed by atoms with E-state index in [1.54, 1.807) is 6.92 Å². The topological polar surface area (TPSA) is 67.4 Å². The molecule has 0 aliphatic heterocycles. The van der Waals surface area contributed by atoms with Gasteiger partial charge in [0.05, 0.1) is 12.5 Å². The Morgan fingerprint density at radius 1 is 1.17 bits per heavy atom. The molecular weight excluding hydrogens is 232 g/mol. The molecule has 0 fully saturated rings. The minimum Gasteiger partial charge on any atom is -0.466 e. The Bertz CT molecular complexity index is 255. The van der Waals surface area contributed by atoms with Crippen molar-refractivity contribution in [2.75, 3.05) is 26.2 Å². The molecule has 0 aromatic rings. The molecule has 0 radical (unpaired) electrons. The number of ether oxygens (including phenoxy) is 1. The first-order chi connectivity index (χ1) is 8.47. The van der Waals surface area contributed by atoms with E-state index in [0.717, 1.165) is 0 Å². The van der Waals surface area contributed by atoms with Crippen LogP contribution in [0.15, 0.2) is 0 Å². The fourth-order valence-electron chi connectivity index (χ4n) is 1.29. The fourth-order valence-corrected chi connectivity index (χ4v) is 1.29. The highest BCUT2D eigenvalue weighted by Gasteiger charge is 2.13. The van der Waals surface area contributed by atoms with Crippen molar-refractivity contribution in [1.29, 1.82) is 0 Å². The lowest BCUT2D eigenvalue weighted by atomic mass is 10.2. The molecule has 18 heavy (non-hydrogen) atoms. The number of nitrogens with one attached hydrogen (secondary N) is 2. The number of esters is 1. The van der Waals surface area contributed by atoms with Crippen molar-refractivity contribution in [2.24, 2.45) is 11.8 Å². The zero-order chi connectivity index (χ0) is 14.0. The third-order valence-electron chi connectivity index (χ3n) is 2.38. The number of hydrogen-bond donors (Lipinski definition) is 2. The van der Waals surface area contributed by atoms with Crippen LogP contribution in [0.1, 0.15) is 34.1 Å². The van der Waals surface area contributed by atoms with Gasteiger partial charge in [0.15, 0.2) is 0 Å². The van der Waals surface area contributed by atoms with E-state index in [-0.39, 0.29) is 17.8 Å². The Kier molecular flexibility index (Phi) is 9.28. The highest BCUT2D eigenvalue weighted by Crippen LogP contribution is 1.96. The van der Waals surface area contributed by atoms with Crippen LogP contribution in [-0.2, 0) is 14.3 Å². The molecule has 5 nitrogen and oxygen atoms in total. The second kappa shape index (κ2) is 9.88. The molecule has 0 aromatic carbocycles. The van der Waals surface area contributed by atoms with Gasteiger partial charge in [0.1, 0.15) is 0 Å². The van der Waals surface area contributed by atoms with Gasteiger partial charge in [0, 0.05) is 26.1 Å². The van der Waals surface area contributed by atoms with Gasteiger partial charge >= 0.3 is 5.97 Å². The average Bonchev–Trinajstić information content (AvgIpc) is 2.32. The Balaban J connectivity index is 3.55. The molecule has 1 atom stereocenters. The van der Waals surface area contributed by atoms with Crippen molar-refractivity contribution in [2.45, 2.75) is 34.1 Å². The summed E-state index contributed by atoms with van der Waals surface area (Å²) in [6.45, 7) is 9.93. The van der Waals surface area contributed by atoms with Crippen LogP contribution in [0.3, 0.4) is 0 Å². The summed E-state index contributed by atoms with van der Waals surface area (Å²) in [6, 6.07) is 0. The molecule has 1 amide bonds. The SMILES string of the molecule is CCOC(=O)C(C)CNCCC(=O)NCC(C)C. The quantitative estimate of drug-likeness (QED) is 0.477. The highest BCUT2D eigenvalue weighted by molar-refractivity contribution is 5.76. The first kappa shape index (κ1) is 16.9. The summed E-state index contributed by atoms with van der Waals surface area (Å²) >= 11 is 0. The van der Waals surface area contributed by atoms with E-state index in [1.807, 2.05) is 6.92 Å². The minimum atomic E-state index is -0.200. The van der Waals surface area contributed by atoms with E-state index in [0.29, 0.717) is 38.6 Å². The zero-order valence-electron chi connectivity index (χ0n) is 11.9. The Hall–Kier alpha value is -1.10. The Morgan fingerprint density at radius 2 is 1.83 bits per heavy atom. The lowest BCUT2D eigenvalue weighted by Gasteiger charge is -2.12. The van der Waals surface area contributed by atoms with Gasteiger partial charge in [-0.3, -0.25) is 9.59 Å². The van der Waals surface area contributed by atoms with Crippen molar-refractivity contribution in [3.8, 4) is 0 Å². The standard InChI is InChI=1S/C13H26N2O3/c1-5-18-13(17)11(4)9-14-7-6-12(16)15-8-10(2)3/h10-11,14H,5-9H2,1-4H3,(H,15,16). The smallest absolute Gasteiger partial charge is 0.309 e. The molecule has 0 heterocycles. The monoisotopic (exact) mass is 258 g/mol. The van der Waals surface area contributed by atoms with E-state index >= 15 is 0 Å². The predicted octanol–water partition coefficient (Wildman–Crippen LogP) is 0.937. The molecule has 0 bridgehead atoms. The van der Waals surface area contributed by atoms with Gasteiger partial charge in [-0.25, -0.2) is 0 Å². The summed E-state index contributed by atoms with van der Waals surface area (Å²) in [6.07, 6.45) is 0.433. The predicted molar refractivity (Wildman–Crippen MR) is 71.1 cm³/mol. The summed E-state index contributed by atoms with van der Waals surface area (Å²) in [5.74, 6) is 0.128. The molecule has 0 saturated carbocycles. The molecular formula is C13H26N2O3. The Labute approximate surface area is 110 Å². The molecule has 0 spiro atoms. The van der Waals surface area contributed by atoms with Gasteiger partial charge in [0.25, 0.3) is 0 Å². The second-order valence-corrected chi connectivity index (χ2v) is 4.81. The van der Waals surface area contributed by atoms with E-state index in [4.69, 9.17) is 4.74 Å². The van der Waals surface area contributed by atoms with Crippen LogP contribution in [0.2, 0.25) is 0 Å². The maximum Gasteiger partial charge on any atom is 0.309 e. The van der Waals surface area contributed by atoms with E-state index in [9.17, 15) is 9.59 Å². The normalized spacial score (nSPS) is 12.3. The van der Waals surface area contributed by atoms with E-state index < -0.39 is 0 Å². The first-order valence-corrected chi connectivity index (χ1v) is 6.61. The summed E-state index contributed by atoms with van der Waals surface area (Å²) in [5, 5.41) is 5.92. The average molecular weight is 258 g/mol. The second-order valence-electron chi connectivity index (χ2n) is 4.81.